The van der Waals surface area contributed by atoms with Gasteiger partial charge in [0.1, 0.15) is 5.82 Å². The minimum atomic E-state index is 0.491. The normalized spacial score (nSPS) is 10.6. The second kappa shape index (κ2) is 6.79. The highest BCUT2D eigenvalue weighted by molar-refractivity contribution is 6.33. The molecule has 4 rings (SSSR count). The highest BCUT2D eigenvalue weighted by atomic mass is 35.5. The van der Waals surface area contributed by atoms with Gasteiger partial charge in [-0.2, -0.15) is 4.98 Å². The lowest BCUT2D eigenvalue weighted by atomic mass is 10.2. The van der Waals surface area contributed by atoms with E-state index in [0.29, 0.717) is 11.0 Å². The molecule has 25 heavy (non-hydrogen) atoms. The molecule has 0 atom stereocenters. The van der Waals surface area contributed by atoms with Crippen molar-refractivity contribution >= 4 is 45.6 Å². The van der Waals surface area contributed by atoms with Crippen LogP contribution >= 0.6 is 11.6 Å². The summed E-state index contributed by atoms with van der Waals surface area (Å²) in [5, 5.41) is 8.14. The van der Waals surface area contributed by atoms with E-state index >= 15 is 0 Å². The Labute approximate surface area is 150 Å². The molecule has 0 saturated carbocycles. The molecule has 5 heteroatoms. The average Bonchev–Trinajstić information content (AvgIpc) is 2.65. The molecule has 4 aromatic rings. The lowest BCUT2D eigenvalue weighted by molar-refractivity contribution is 1.21. The van der Waals surface area contributed by atoms with Gasteiger partial charge in [-0.25, -0.2) is 4.98 Å². The maximum atomic E-state index is 6.23. The molecule has 0 spiro atoms. The van der Waals surface area contributed by atoms with Gasteiger partial charge >= 0.3 is 0 Å². The van der Waals surface area contributed by atoms with Crippen LogP contribution in [0.4, 0.5) is 23.1 Å². The van der Waals surface area contributed by atoms with Crippen LogP contribution in [0.2, 0.25) is 5.02 Å². The van der Waals surface area contributed by atoms with Crippen molar-refractivity contribution in [2.75, 3.05) is 10.6 Å². The van der Waals surface area contributed by atoms with Crippen molar-refractivity contribution in [3.63, 3.8) is 0 Å². The van der Waals surface area contributed by atoms with Crippen molar-refractivity contribution < 1.29 is 0 Å². The maximum absolute atomic E-state index is 6.23. The molecule has 2 N–H and O–H groups in total. The number of nitrogens with zero attached hydrogens (tertiary/aromatic N) is 2. The predicted octanol–water partition coefficient (Wildman–Crippen LogP) is 5.77. The number of hydrogen-bond donors (Lipinski definition) is 2. The maximum Gasteiger partial charge on any atom is 0.229 e. The fourth-order valence-corrected chi connectivity index (χ4v) is 2.75. The molecule has 1 aromatic heterocycles. The van der Waals surface area contributed by atoms with Crippen molar-refractivity contribution in [2.24, 2.45) is 0 Å². The van der Waals surface area contributed by atoms with E-state index in [1.54, 1.807) is 0 Å². The van der Waals surface area contributed by atoms with Gasteiger partial charge in [0.15, 0.2) is 0 Å². The zero-order valence-corrected chi connectivity index (χ0v) is 14.0. The molecule has 0 saturated heterocycles. The van der Waals surface area contributed by atoms with Gasteiger partial charge in [-0.05, 0) is 36.4 Å². The van der Waals surface area contributed by atoms with Gasteiger partial charge in [0.2, 0.25) is 5.95 Å². The van der Waals surface area contributed by atoms with Crippen LogP contribution in [0.3, 0.4) is 0 Å². The third kappa shape index (κ3) is 3.39. The predicted molar refractivity (Wildman–Crippen MR) is 104 cm³/mol. The van der Waals surface area contributed by atoms with Gasteiger partial charge in [-0.3, -0.25) is 0 Å². The number of benzene rings is 3. The monoisotopic (exact) mass is 346 g/mol. The zero-order chi connectivity index (χ0) is 17.1. The number of nitrogens with one attached hydrogen (secondary N) is 2. The van der Waals surface area contributed by atoms with Crippen molar-refractivity contribution in [1.82, 2.24) is 9.97 Å². The number of anilines is 4. The Bertz CT molecular complexity index is 1020. The summed E-state index contributed by atoms with van der Waals surface area (Å²) in [5.74, 6) is 1.23. The summed E-state index contributed by atoms with van der Waals surface area (Å²) in [4.78, 5) is 9.23. The van der Waals surface area contributed by atoms with Crippen LogP contribution in [0, 0.1) is 0 Å². The Morgan fingerprint density at radius 2 is 1.40 bits per heavy atom. The van der Waals surface area contributed by atoms with E-state index < -0.39 is 0 Å². The molecule has 0 aliphatic rings. The molecular formula is C20H15ClN4. The van der Waals surface area contributed by atoms with Gasteiger partial charge < -0.3 is 10.6 Å². The van der Waals surface area contributed by atoms with Crippen LogP contribution in [-0.4, -0.2) is 9.97 Å². The number of hydrogen-bond acceptors (Lipinski definition) is 4. The zero-order valence-electron chi connectivity index (χ0n) is 13.3. The van der Waals surface area contributed by atoms with Crippen molar-refractivity contribution in [1.29, 1.82) is 0 Å². The van der Waals surface area contributed by atoms with Crippen molar-refractivity contribution in [2.45, 2.75) is 0 Å². The molecule has 0 bridgehead atoms. The minimum absolute atomic E-state index is 0.491. The van der Waals surface area contributed by atoms with E-state index in [9.17, 15) is 0 Å². The Hall–Kier alpha value is -3.11. The largest absolute Gasteiger partial charge is 0.340 e. The van der Waals surface area contributed by atoms with Crippen molar-refractivity contribution in [3.05, 3.63) is 83.9 Å². The van der Waals surface area contributed by atoms with E-state index in [4.69, 9.17) is 11.6 Å². The quantitative estimate of drug-likeness (QED) is 0.492. The van der Waals surface area contributed by atoms with E-state index in [-0.39, 0.29) is 0 Å². The standard InChI is InChI=1S/C20H15ClN4/c21-16-11-5-7-13-18(16)24-20-23-17-12-6-4-10-15(17)19(25-20)22-14-8-2-1-3-9-14/h1-13H,(H2,22,23,24,25). The van der Waals surface area contributed by atoms with Gasteiger partial charge in [0.25, 0.3) is 0 Å². The van der Waals surface area contributed by atoms with E-state index in [1.807, 2.05) is 78.9 Å². The average molecular weight is 347 g/mol. The number of halogens is 1. The summed E-state index contributed by atoms with van der Waals surface area (Å²) in [6.45, 7) is 0. The Balaban J connectivity index is 1.77. The Kier molecular flexibility index (Phi) is 4.19. The second-order valence-corrected chi connectivity index (χ2v) is 5.92. The molecule has 122 valence electrons. The molecule has 0 amide bonds. The third-order valence-electron chi connectivity index (χ3n) is 3.76. The third-order valence-corrected chi connectivity index (χ3v) is 4.09. The summed E-state index contributed by atoms with van der Waals surface area (Å²) < 4.78 is 0. The molecule has 1 heterocycles. The topological polar surface area (TPSA) is 49.8 Å². The van der Waals surface area contributed by atoms with Crippen LogP contribution in [0.5, 0.6) is 0 Å². The Morgan fingerprint density at radius 1 is 0.680 bits per heavy atom. The SMILES string of the molecule is Clc1ccccc1Nc1nc(Nc2ccccc2)c2ccccc2n1. The fraction of sp³-hybridized carbons (Fsp3) is 0. The van der Waals surface area contributed by atoms with Crippen LogP contribution in [0.25, 0.3) is 10.9 Å². The second-order valence-electron chi connectivity index (χ2n) is 5.51. The van der Waals surface area contributed by atoms with E-state index in [2.05, 4.69) is 20.6 Å². The van der Waals surface area contributed by atoms with Crippen LogP contribution in [-0.2, 0) is 0 Å². The van der Waals surface area contributed by atoms with Gasteiger partial charge in [0.05, 0.1) is 16.2 Å². The molecule has 4 nitrogen and oxygen atoms in total. The summed E-state index contributed by atoms with van der Waals surface area (Å²) in [6.07, 6.45) is 0. The lowest BCUT2D eigenvalue weighted by Gasteiger charge is -2.12. The smallest absolute Gasteiger partial charge is 0.229 e. The molecule has 0 aliphatic heterocycles. The highest BCUT2D eigenvalue weighted by Gasteiger charge is 2.09. The first-order valence-corrected chi connectivity index (χ1v) is 8.28. The van der Waals surface area contributed by atoms with Crippen LogP contribution < -0.4 is 10.6 Å². The van der Waals surface area contributed by atoms with E-state index in [1.165, 1.54) is 0 Å². The van der Waals surface area contributed by atoms with Crippen LogP contribution in [0.15, 0.2) is 78.9 Å². The summed E-state index contributed by atoms with van der Waals surface area (Å²) >= 11 is 6.23. The first kappa shape index (κ1) is 15.4. The number of rotatable bonds is 4. The fourth-order valence-electron chi connectivity index (χ4n) is 2.57. The summed E-state index contributed by atoms with van der Waals surface area (Å²) in [7, 11) is 0. The molecule has 0 aliphatic carbocycles. The molecule has 0 fully saturated rings. The number of aromatic nitrogens is 2. The van der Waals surface area contributed by atoms with Crippen LogP contribution in [0.1, 0.15) is 0 Å². The van der Waals surface area contributed by atoms with Gasteiger partial charge in [-0.15, -0.1) is 0 Å². The molecule has 3 aromatic carbocycles. The minimum Gasteiger partial charge on any atom is -0.340 e. The Morgan fingerprint density at radius 3 is 2.24 bits per heavy atom. The van der Waals surface area contributed by atoms with Gasteiger partial charge in [-0.1, -0.05) is 54.1 Å². The first-order valence-electron chi connectivity index (χ1n) is 7.90. The summed E-state index contributed by atoms with van der Waals surface area (Å²) in [5.41, 5.74) is 2.59. The number of para-hydroxylation sites is 3. The highest BCUT2D eigenvalue weighted by Crippen LogP contribution is 2.28. The molecule has 0 radical (unpaired) electrons. The molecular weight excluding hydrogens is 332 g/mol. The summed E-state index contributed by atoms with van der Waals surface area (Å²) in [6, 6.07) is 25.4. The molecule has 0 unspecified atom stereocenters. The van der Waals surface area contributed by atoms with Gasteiger partial charge in [0, 0.05) is 11.1 Å². The van der Waals surface area contributed by atoms with E-state index in [0.717, 1.165) is 28.1 Å². The van der Waals surface area contributed by atoms with Crippen molar-refractivity contribution in [3.8, 4) is 0 Å². The lowest BCUT2D eigenvalue weighted by Crippen LogP contribution is -2.02. The number of fused-ring (bicyclic) bond motifs is 1. The first-order chi connectivity index (χ1) is 12.3.